The van der Waals surface area contributed by atoms with Crippen molar-refractivity contribution in [2.24, 2.45) is 0 Å². The number of non-ortho nitro benzene ring substituents is 1. The molecule has 6 nitrogen and oxygen atoms in total. The number of rotatable bonds is 5. The lowest BCUT2D eigenvalue weighted by Crippen LogP contribution is -2.30. The van der Waals surface area contributed by atoms with Crippen molar-refractivity contribution in [3.63, 3.8) is 0 Å². The average Bonchev–Trinajstić information content (AvgIpc) is 2.45. The molecule has 110 valence electrons. The van der Waals surface area contributed by atoms with Crippen LogP contribution in [-0.2, 0) is 6.54 Å². The van der Waals surface area contributed by atoms with E-state index >= 15 is 0 Å². The standard InChI is InChI=1S/C13H13BN2O4.ClH/c17-14(18)11-6-12(8-13(7-11)16(19)20)15-9-10-4-2-1-3-5-10;/h1-8,15,17-18H,9H2;1H. The summed E-state index contributed by atoms with van der Waals surface area (Å²) in [5.74, 6) is 0. The topological polar surface area (TPSA) is 95.6 Å². The van der Waals surface area contributed by atoms with Crippen molar-refractivity contribution in [1.29, 1.82) is 0 Å². The molecule has 0 saturated carbocycles. The third-order valence-corrected chi connectivity index (χ3v) is 2.79. The molecule has 2 aromatic rings. The van der Waals surface area contributed by atoms with Crippen molar-refractivity contribution in [1.82, 2.24) is 0 Å². The lowest BCUT2D eigenvalue weighted by molar-refractivity contribution is -0.384. The van der Waals surface area contributed by atoms with Gasteiger partial charge in [0.05, 0.1) is 4.92 Å². The molecule has 0 heterocycles. The Bertz CT molecular complexity index is 610. The lowest BCUT2D eigenvalue weighted by atomic mass is 9.80. The smallest absolute Gasteiger partial charge is 0.423 e. The fraction of sp³-hybridized carbons (Fsp3) is 0.0769. The molecule has 0 aliphatic rings. The molecule has 0 unspecified atom stereocenters. The second-order valence-corrected chi connectivity index (χ2v) is 4.28. The van der Waals surface area contributed by atoms with Crippen LogP contribution in [0.15, 0.2) is 48.5 Å². The van der Waals surface area contributed by atoms with Gasteiger partial charge in [-0.05, 0) is 17.1 Å². The van der Waals surface area contributed by atoms with E-state index < -0.39 is 12.0 Å². The van der Waals surface area contributed by atoms with E-state index in [0.29, 0.717) is 12.2 Å². The third kappa shape index (κ3) is 4.75. The minimum atomic E-state index is -1.74. The largest absolute Gasteiger partial charge is 0.488 e. The lowest BCUT2D eigenvalue weighted by Gasteiger charge is -2.08. The first-order valence-corrected chi connectivity index (χ1v) is 5.99. The third-order valence-electron chi connectivity index (χ3n) is 2.79. The van der Waals surface area contributed by atoms with E-state index in [0.717, 1.165) is 11.6 Å². The summed E-state index contributed by atoms with van der Waals surface area (Å²) in [6.45, 7) is 0.489. The molecule has 0 aromatic heterocycles. The van der Waals surface area contributed by atoms with Crippen molar-refractivity contribution in [2.45, 2.75) is 6.54 Å². The number of anilines is 1. The second-order valence-electron chi connectivity index (χ2n) is 4.28. The van der Waals surface area contributed by atoms with Crippen LogP contribution in [0.25, 0.3) is 0 Å². The number of hydrogen-bond acceptors (Lipinski definition) is 5. The highest BCUT2D eigenvalue weighted by Crippen LogP contribution is 2.17. The van der Waals surface area contributed by atoms with Gasteiger partial charge in [0, 0.05) is 24.4 Å². The van der Waals surface area contributed by atoms with Gasteiger partial charge in [0.15, 0.2) is 0 Å². The van der Waals surface area contributed by atoms with Crippen LogP contribution in [-0.4, -0.2) is 22.1 Å². The fourth-order valence-corrected chi connectivity index (χ4v) is 1.79. The quantitative estimate of drug-likeness (QED) is 0.440. The highest BCUT2D eigenvalue weighted by atomic mass is 35.5. The van der Waals surface area contributed by atoms with Crippen LogP contribution < -0.4 is 10.8 Å². The SMILES string of the molecule is Cl.O=[N+]([O-])c1cc(NCc2ccccc2)cc(B(O)O)c1. The fourth-order valence-electron chi connectivity index (χ4n) is 1.79. The molecule has 0 aliphatic heterocycles. The van der Waals surface area contributed by atoms with Gasteiger partial charge >= 0.3 is 7.12 Å². The van der Waals surface area contributed by atoms with Crippen molar-refractivity contribution in [2.75, 3.05) is 5.32 Å². The Morgan fingerprint density at radius 2 is 1.81 bits per heavy atom. The molecular weight excluding hydrogens is 294 g/mol. The molecule has 0 saturated heterocycles. The Morgan fingerprint density at radius 1 is 1.14 bits per heavy atom. The summed E-state index contributed by atoms with van der Waals surface area (Å²) in [5, 5.41) is 32.1. The van der Waals surface area contributed by atoms with Crippen molar-refractivity contribution >= 4 is 36.4 Å². The molecule has 0 bridgehead atoms. The number of hydrogen-bond donors (Lipinski definition) is 3. The zero-order valence-electron chi connectivity index (χ0n) is 11.0. The molecule has 2 rings (SSSR count). The molecule has 0 atom stereocenters. The first-order chi connectivity index (χ1) is 9.56. The van der Waals surface area contributed by atoms with Crippen LogP contribution in [0, 0.1) is 10.1 Å². The van der Waals surface area contributed by atoms with Crippen LogP contribution in [0.2, 0.25) is 0 Å². The van der Waals surface area contributed by atoms with Crippen LogP contribution in [0.5, 0.6) is 0 Å². The predicted octanol–water partition coefficient (Wildman–Crippen LogP) is 1.31. The van der Waals surface area contributed by atoms with Gasteiger partial charge in [-0.15, -0.1) is 12.4 Å². The summed E-state index contributed by atoms with van der Waals surface area (Å²) in [7, 11) is -1.74. The highest BCUT2D eigenvalue weighted by Gasteiger charge is 2.17. The monoisotopic (exact) mass is 308 g/mol. The van der Waals surface area contributed by atoms with E-state index in [1.165, 1.54) is 12.1 Å². The van der Waals surface area contributed by atoms with Crippen LogP contribution >= 0.6 is 12.4 Å². The maximum absolute atomic E-state index is 10.8. The summed E-state index contributed by atoms with van der Waals surface area (Å²) in [6, 6.07) is 13.5. The molecule has 0 radical (unpaired) electrons. The molecule has 21 heavy (non-hydrogen) atoms. The molecule has 0 fully saturated rings. The second kappa shape index (κ2) is 7.63. The number of nitro groups is 1. The van der Waals surface area contributed by atoms with E-state index in [1.54, 1.807) is 0 Å². The molecule has 0 amide bonds. The Kier molecular flexibility index (Phi) is 6.17. The zero-order valence-corrected chi connectivity index (χ0v) is 11.8. The van der Waals surface area contributed by atoms with E-state index in [1.807, 2.05) is 30.3 Å². The maximum atomic E-state index is 10.8. The van der Waals surface area contributed by atoms with Gasteiger partial charge in [-0.2, -0.15) is 0 Å². The van der Waals surface area contributed by atoms with Gasteiger partial charge in [0.2, 0.25) is 0 Å². The van der Waals surface area contributed by atoms with Gasteiger partial charge in [-0.1, -0.05) is 30.3 Å². The van der Waals surface area contributed by atoms with Gasteiger partial charge < -0.3 is 15.4 Å². The van der Waals surface area contributed by atoms with Gasteiger partial charge in [0.1, 0.15) is 0 Å². The molecule has 0 aliphatic carbocycles. The van der Waals surface area contributed by atoms with E-state index in [4.69, 9.17) is 10.0 Å². The Labute approximate surface area is 128 Å². The zero-order chi connectivity index (χ0) is 14.5. The van der Waals surface area contributed by atoms with Crippen molar-refractivity contribution in [3.05, 3.63) is 64.2 Å². The highest BCUT2D eigenvalue weighted by molar-refractivity contribution is 6.58. The summed E-state index contributed by atoms with van der Waals surface area (Å²) >= 11 is 0. The average molecular weight is 309 g/mol. The minimum absolute atomic E-state index is 0. The number of nitrogens with one attached hydrogen (secondary N) is 1. The molecule has 3 N–H and O–H groups in total. The summed E-state index contributed by atoms with van der Waals surface area (Å²) in [6.07, 6.45) is 0. The van der Waals surface area contributed by atoms with Crippen molar-refractivity contribution in [3.8, 4) is 0 Å². The number of nitrogens with zero attached hydrogens (tertiary/aromatic N) is 1. The molecule has 2 aromatic carbocycles. The van der Waals surface area contributed by atoms with Crippen LogP contribution in [0.1, 0.15) is 5.56 Å². The summed E-state index contributed by atoms with van der Waals surface area (Å²) in [5.41, 5.74) is 1.37. The Morgan fingerprint density at radius 3 is 2.38 bits per heavy atom. The van der Waals surface area contributed by atoms with Gasteiger partial charge in [-0.25, -0.2) is 0 Å². The molecular formula is C13H14BClN2O4. The number of halogens is 1. The maximum Gasteiger partial charge on any atom is 0.488 e. The Hall–Kier alpha value is -2.09. The molecule has 8 heteroatoms. The van der Waals surface area contributed by atoms with Gasteiger partial charge in [-0.3, -0.25) is 10.1 Å². The molecule has 0 spiro atoms. The van der Waals surface area contributed by atoms with Crippen molar-refractivity contribution < 1.29 is 15.0 Å². The van der Waals surface area contributed by atoms with E-state index in [-0.39, 0.29) is 23.6 Å². The van der Waals surface area contributed by atoms with Crippen LogP contribution in [0.4, 0.5) is 11.4 Å². The van der Waals surface area contributed by atoms with E-state index in [2.05, 4.69) is 5.32 Å². The Balaban J connectivity index is 0.00000220. The summed E-state index contributed by atoms with van der Waals surface area (Å²) in [4.78, 5) is 10.2. The van der Waals surface area contributed by atoms with E-state index in [9.17, 15) is 10.1 Å². The van der Waals surface area contributed by atoms with Crippen LogP contribution in [0.3, 0.4) is 0 Å². The number of benzene rings is 2. The predicted molar refractivity (Wildman–Crippen MR) is 83.9 cm³/mol. The number of nitro benzene ring substituents is 1. The first-order valence-electron chi connectivity index (χ1n) is 5.99. The summed E-state index contributed by atoms with van der Waals surface area (Å²) < 4.78 is 0. The minimum Gasteiger partial charge on any atom is -0.423 e. The first kappa shape index (κ1) is 17.0. The normalized spacial score (nSPS) is 9.62. The van der Waals surface area contributed by atoms with Gasteiger partial charge in [0.25, 0.3) is 5.69 Å².